The number of benzene rings is 2. The molecule has 23 heavy (non-hydrogen) atoms. The predicted molar refractivity (Wildman–Crippen MR) is 79.1 cm³/mol. The lowest BCUT2D eigenvalue weighted by Crippen LogP contribution is -2.29. The van der Waals surface area contributed by atoms with Crippen LogP contribution in [0.3, 0.4) is 0 Å². The van der Waals surface area contributed by atoms with Crippen molar-refractivity contribution in [1.82, 2.24) is 0 Å². The fourth-order valence-electron chi connectivity index (χ4n) is 2.42. The highest BCUT2D eigenvalue weighted by Crippen LogP contribution is 2.35. The molecular formula is C17H10F3NO2. The van der Waals surface area contributed by atoms with Gasteiger partial charge >= 0.3 is 6.18 Å². The summed E-state index contributed by atoms with van der Waals surface area (Å²) in [6, 6.07) is 11.4. The van der Waals surface area contributed by atoms with Gasteiger partial charge in [-0.1, -0.05) is 30.8 Å². The quantitative estimate of drug-likeness (QED) is 0.783. The van der Waals surface area contributed by atoms with Crippen LogP contribution in [0.25, 0.3) is 5.57 Å². The molecule has 2 amide bonds. The predicted octanol–water partition coefficient (Wildman–Crippen LogP) is 4.06. The summed E-state index contributed by atoms with van der Waals surface area (Å²) in [5, 5.41) is 0. The Labute approximate surface area is 129 Å². The summed E-state index contributed by atoms with van der Waals surface area (Å²) >= 11 is 0. The minimum atomic E-state index is -4.58. The Hall–Kier alpha value is -2.89. The number of amides is 2. The van der Waals surface area contributed by atoms with Crippen LogP contribution in [0.5, 0.6) is 0 Å². The number of anilines is 1. The molecule has 116 valence electrons. The molecule has 0 spiro atoms. The summed E-state index contributed by atoms with van der Waals surface area (Å²) < 4.78 is 38.3. The maximum atomic E-state index is 12.8. The van der Waals surface area contributed by atoms with Crippen LogP contribution in [-0.2, 0) is 0 Å². The van der Waals surface area contributed by atoms with Gasteiger partial charge in [-0.2, -0.15) is 13.2 Å². The van der Waals surface area contributed by atoms with E-state index in [1.165, 1.54) is 30.3 Å². The zero-order valence-corrected chi connectivity index (χ0v) is 11.7. The van der Waals surface area contributed by atoms with E-state index in [1.807, 2.05) is 0 Å². The summed E-state index contributed by atoms with van der Waals surface area (Å²) in [5.41, 5.74) is -0.670. The minimum Gasteiger partial charge on any atom is -0.268 e. The fourth-order valence-corrected chi connectivity index (χ4v) is 2.42. The molecule has 0 aliphatic carbocycles. The topological polar surface area (TPSA) is 37.4 Å². The van der Waals surface area contributed by atoms with E-state index in [4.69, 9.17) is 0 Å². The van der Waals surface area contributed by atoms with Crippen molar-refractivity contribution in [2.75, 3.05) is 4.90 Å². The third-order valence-electron chi connectivity index (χ3n) is 3.59. The molecule has 0 saturated carbocycles. The molecule has 3 rings (SSSR count). The molecule has 1 heterocycles. The van der Waals surface area contributed by atoms with Crippen molar-refractivity contribution in [2.45, 2.75) is 6.18 Å². The molecule has 0 bridgehead atoms. The molecule has 6 heteroatoms. The Balaban J connectivity index is 2.03. The molecule has 0 radical (unpaired) electrons. The van der Waals surface area contributed by atoms with Gasteiger partial charge in [0.25, 0.3) is 11.8 Å². The smallest absolute Gasteiger partial charge is 0.268 e. The largest absolute Gasteiger partial charge is 0.416 e. The first-order valence-electron chi connectivity index (χ1n) is 6.65. The number of carbonyl (C=O) groups is 2. The molecule has 2 aromatic carbocycles. The number of hydrogen-bond donors (Lipinski definition) is 0. The van der Waals surface area contributed by atoms with Crippen molar-refractivity contribution in [1.29, 1.82) is 0 Å². The number of hydrogen-bond acceptors (Lipinski definition) is 2. The van der Waals surface area contributed by atoms with E-state index < -0.39 is 23.6 Å². The van der Waals surface area contributed by atoms with Gasteiger partial charge < -0.3 is 0 Å². The van der Waals surface area contributed by atoms with Crippen LogP contribution in [0, 0.1) is 0 Å². The zero-order valence-electron chi connectivity index (χ0n) is 11.7. The van der Waals surface area contributed by atoms with Gasteiger partial charge in [0.15, 0.2) is 0 Å². The van der Waals surface area contributed by atoms with E-state index in [9.17, 15) is 22.8 Å². The highest BCUT2D eigenvalue weighted by molar-refractivity contribution is 6.34. The summed E-state index contributed by atoms with van der Waals surface area (Å²) in [6.07, 6.45) is -4.58. The van der Waals surface area contributed by atoms with Crippen LogP contribution >= 0.6 is 0 Å². The van der Waals surface area contributed by atoms with Crippen molar-refractivity contribution in [3.05, 3.63) is 71.8 Å². The van der Waals surface area contributed by atoms with Gasteiger partial charge in [-0.3, -0.25) is 9.59 Å². The molecule has 0 fully saturated rings. The maximum Gasteiger partial charge on any atom is 0.416 e. The normalized spacial score (nSPS) is 14.1. The number of nitrogens with zero attached hydrogens (tertiary/aromatic N) is 1. The highest BCUT2D eigenvalue weighted by atomic mass is 19.4. The van der Waals surface area contributed by atoms with Gasteiger partial charge in [0.05, 0.1) is 22.4 Å². The van der Waals surface area contributed by atoms with Gasteiger partial charge in [-0.25, -0.2) is 4.90 Å². The molecular weight excluding hydrogens is 307 g/mol. The summed E-state index contributed by atoms with van der Waals surface area (Å²) in [6.45, 7) is 3.03. The lowest BCUT2D eigenvalue weighted by molar-refractivity contribution is -0.0686. The lowest BCUT2D eigenvalue weighted by Gasteiger charge is -2.16. The van der Waals surface area contributed by atoms with Gasteiger partial charge in [0.1, 0.15) is 0 Å². The van der Waals surface area contributed by atoms with Gasteiger partial charge in [0, 0.05) is 0 Å². The molecule has 1 aliphatic rings. The number of fused-ring (bicyclic) bond motifs is 1. The third-order valence-corrected chi connectivity index (χ3v) is 3.59. The number of allylic oxidation sites excluding steroid dienone is 1. The van der Waals surface area contributed by atoms with E-state index in [0.29, 0.717) is 0 Å². The van der Waals surface area contributed by atoms with Crippen molar-refractivity contribution < 1.29 is 22.8 Å². The monoisotopic (exact) mass is 317 g/mol. The zero-order chi connectivity index (χ0) is 16.8. The van der Waals surface area contributed by atoms with Gasteiger partial charge in [0.2, 0.25) is 0 Å². The molecule has 0 saturated heterocycles. The van der Waals surface area contributed by atoms with Gasteiger partial charge in [-0.15, -0.1) is 0 Å². The first-order chi connectivity index (χ1) is 10.8. The fraction of sp³-hybridized carbons (Fsp3) is 0.0588. The van der Waals surface area contributed by atoms with Crippen LogP contribution in [-0.4, -0.2) is 18.0 Å². The number of imide groups is 1. The number of halogens is 3. The molecule has 3 nitrogen and oxygen atoms in total. The summed E-state index contributed by atoms with van der Waals surface area (Å²) in [5.74, 6) is -1.11. The Bertz CT molecular complexity index is 805. The van der Waals surface area contributed by atoms with Crippen LogP contribution in [0.1, 0.15) is 26.3 Å². The average Bonchev–Trinajstić information content (AvgIpc) is 2.78. The Morgan fingerprint density at radius 1 is 0.913 bits per heavy atom. The second kappa shape index (κ2) is 5.08. The second-order valence-corrected chi connectivity index (χ2v) is 5.02. The third kappa shape index (κ3) is 2.42. The molecule has 0 N–H and O–H groups in total. The first-order valence-corrected chi connectivity index (χ1v) is 6.65. The van der Waals surface area contributed by atoms with E-state index in [1.54, 1.807) is 12.1 Å². The number of rotatable bonds is 2. The summed E-state index contributed by atoms with van der Waals surface area (Å²) in [7, 11) is 0. The maximum absolute atomic E-state index is 12.8. The van der Waals surface area contributed by atoms with E-state index in [2.05, 4.69) is 6.58 Å². The van der Waals surface area contributed by atoms with Crippen LogP contribution < -0.4 is 4.90 Å². The average molecular weight is 317 g/mol. The molecule has 0 atom stereocenters. The van der Waals surface area contributed by atoms with Crippen molar-refractivity contribution in [3.8, 4) is 0 Å². The number of alkyl halides is 3. The molecule has 1 aliphatic heterocycles. The van der Waals surface area contributed by atoms with Crippen molar-refractivity contribution in [3.63, 3.8) is 0 Å². The Kier molecular flexibility index (Phi) is 3.32. The van der Waals surface area contributed by atoms with Crippen LogP contribution in [0.15, 0.2) is 55.1 Å². The van der Waals surface area contributed by atoms with E-state index >= 15 is 0 Å². The summed E-state index contributed by atoms with van der Waals surface area (Å²) in [4.78, 5) is 25.6. The Morgan fingerprint density at radius 2 is 1.48 bits per heavy atom. The standard InChI is InChI=1S/C17H10F3NO2/c1-10(17(18,19)20)11-5-4-6-12(9-11)21-15(22)13-7-2-3-8-14(13)16(21)23/h2-9H,1H2. The second-order valence-electron chi connectivity index (χ2n) is 5.02. The first kappa shape index (κ1) is 15.0. The van der Waals surface area contributed by atoms with Crippen molar-refractivity contribution in [2.24, 2.45) is 0 Å². The SMILES string of the molecule is C=C(c1cccc(N2C(=O)c3ccccc3C2=O)c1)C(F)(F)F. The van der Waals surface area contributed by atoms with E-state index in [-0.39, 0.29) is 22.4 Å². The molecule has 0 unspecified atom stereocenters. The van der Waals surface area contributed by atoms with Crippen LogP contribution in [0.4, 0.5) is 18.9 Å². The minimum absolute atomic E-state index is 0.0825. The number of carbonyl (C=O) groups excluding carboxylic acids is 2. The highest BCUT2D eigenvalue weighted by Gasteiger charge is 2.37. The molecule has 0 aromatic heterocycles. The lowest BCUT2D eigenvalue weighted by atomic mass is 10.1. The van der Waals surface area contributed by atoms with E-state index in [0.717, 1.165) is 11.0 Å². The van der Waals surface area contributed by atoms with Crippen LogP contribution in [0.2, 0.25) is 0 Å². The molecule has 2 aromatic rings. The van der Waals surface area contributed by atoms with Gasteiger partial charge in [-0.05, 0) is 29.8 Å². The van der Waals surface area contributed by atoms with Crippen molar-refractivity contribution >= 4 is 23.1 Å². The Morgan fingerprint density at radius 3 is 2.00 bits per heavy atom.